The Kier molecular flexibility index (Phi) is 6.04. The SMILES string of the molecule is CCOc1ccccc1NC(=O)CCSc1nc(N)cc(N)n1. The molecule has 2 rings (SSSR count). The number of para-hydroxylation sites is 2. The Morgan fingerprint density at radius 1 is 1.26 bits per heavy atom. The first-order chi connectivity index (χ1) is 11.1. The number of hydrogen-bond donors (Lipinski definition) is 3. The molecule has 122 valence electrons. The van der Waals surface area contributed by atoms with Gasteiger partial charge < -0.3 is 21.5 Å². The van der Waals surface area contributed by atoms with Crippen LogP contribution in [0.2, 0.25) is 0 Å². The van der Waals surface area contributed by atoms with Crippen LogP contribution in [-0.2, 0) is 4.79 Å². The summed E-state index contributed by atoms with van der Waals surface area (Å²) in [5, 5.41) is 3.30. The van der Waals surface area contributed by atoms with Gasteiger partial charge in [0.25, 0.3) is 0 Å². The summed E-state index contributed by atoms with van der Waals surface area (Å²) in [6.45, 7) is 2.43. The molecule has 5 N–H and O–H groups in total. The van der Waals surface area contributed by atoms with Crippen molar-refractivity contribution in [1.82, 2.24) is 9.97 Å². The Balaban J connectivity index is 1.86. The molecule has 1 aromatic carbocycles. The van der Waals surface area contributed by atoms with Gasteiger partial charge in [0.2, 0.25) is 5.91 Å². The summed E-state index contributed by atoms with van der Waals surface area (Å²) in [6, 6.07) is 8.81. The highest BCUT2D eigenvalue weighted by Gasteiger charge is 2.08. The van der Waals surface area contributed by atoms with Crippen LogP contribution in [0.5, 0.6) is 5.75 Å². The molecule has 0 saturated carbocycles. The molecule has 0 unspecified atom stereocenters. The second kappa shape index (κ2) is 8.23. The largest absolute Gasteiger partial charge is 0.492 e. The van der Waals surface area contributed by atoms with E-state index in [0.29, 0.717) is 47.0 Å². The van der Waals surface area contributed by atoms with Crippen LogP contribution in [0.3, 0.4) is 0 Å². The van der Waals surface area contributed by atoms with Gasteiger partial charge in [-0.3, -0.25) is 4.79 Å². The quantitative estimate of drug-likeness (QED) is 0.525. The van der Waals surface area contributed by atoms with Crippen molar-refractivity contribution >= 4 is 35.0 Å². The summed E-state index contributed by atoms with van der Waals surface area (Å²) in [4.78, 5) is 20.1. The van der Waals surface area contributed by atoms with Crippen molar-refractivity contribution < 1.29 is 9.53 Å². The Hall–Kier alpha value is -2.48. The molecule has 0 saturated heterocycles. The number of hydrogen-bond acceptors (Lipinski definition) is 7. The number of anilines is 3. The predicted molar refractivity (Wildman–Crippen MR) is 92.4 cm³/mol. The normalized spacial score (nSPS) is 10.3. The number of nitrogen functional groups attached to an aromatic ring is 2. The minimum atomic E-state index is -0.110. The second-order valence-corrected chi connectivity index (χ2v) is 5.64. The second-order valence-electron chi connectivity index (χ2n) is 4.58. The van der Waals surface area contributed by atoms with Gasteiger partial charge in [-0.1, -0.05) is 23.9 Å². The van der Waals surface area contributed by atoms with Crippen LogP contribution in [0.15, 0.2) is 35.5 Å². The van der Waals surface area contributed by atoms with Crippen molar-refractivity contribution in [2.45, 2.75) is 18.5 Å². The lowest BCUT2D eigenvalue weighted by molar-refractivity contribution is -0.115. The molecule has 2 aromatic rings. The highest BCUT2D eigenvalue weighted by Crippen LogP contribution is 2.24. The van der Waals surface area contributed by atoms with E-state index in [0.717, 1.165) is 0 Å². The molecule has 1 amide bonds. The van der Waals surface area contributed by atoms with E-state index in [-0.39, 0.29) is 5.91 Å². The van der Waals surface area contributed by atoms with Crippen molar-refractivity contribution in [2.75, 3.05) is 29.1 Å². The third-order valence-electron chi connectivity index (χ3n) is 2.77. The zero-order valence-electron chi connectivity index (χ0n) is 12.8. The fourth-order valence-corrected chi connectivity index (χ4v) is 2.64. The molecule has 0 radical (unpaired) electrons. The van der Waals surface area contributed by atoms with Gasteiger partial charge in [-0.2, -0.15) is 0 Å². The number of benzene rings is 1. The number of nitrogens with zero attached hydrogens (tertiary/aromatic N) is 2. The van der Waals surface area contributed by atoms with Crippen molar-refractivity contribution in [1.29, 1.82) is 0 Å². The van der Waals surface area contributed by atoms with E-state index in [2.05, 4.69) is 15.3 Å². The smallest absolute Gasteiger partial charge is 0.225 e. The van der Waals surface area contributed by atoms with Crippen LogP contribution in [0.25, 0.3) is 0 Å². The number of rotatable bonds is 7. The number of carbonyl (C=O) groups is 1. The summed E-state index contributed by atoms with van der Waals surface area (Å²) < 4.78 is 5.47. The molecule has 7 nitrogen and oxygen atoms in total. The number of nitrogens with two attached hydrogens (primary N) is 2. The molecule has 0 atom stereocenters. The molecule has 23 heavy (non-hydrogen) atoms. The lowest BCUT2D eigenvalue weighted by Crippen LogP contribution is -2.13. The van der Waals surface area contributed by atoms with Gasteiger partial charge in [0, 0.05) is 18.2 Å². The third kappa shape index (κ3) is 5.33. The highest BCUT2D eigenvalue weighted by atomic mass is 32.2. The summed E-state index contributed by atoms with van der Waals surface area (Å²) in [5.74, 6) is 1.69. The first-order valence-corrected chi connectivity index (χ1v) is 8.11. The lowest BCUT2D eigenvalue weighted by atomic mass is 10.3. The van der Waals surface area contributed by atoms with Crippen LogP contribution >= 0.6 is 11.8 Å². The summed E-state index contributed by atoms with van der Waals surface area (Å²) in [5.41, 5.74) is 11.9. The number of amides is 1. The Bertz CT molecular complexity index is 660. The van der Waals surface area contributed by atoms with E-state index in [9.17, 15) is 4.79 Å². The van der Waals surface area contributed by atoms with Crippen molar-refractivity contribution in [3.8, 4) is 5.75 Å². The van der Waals surface area contributed by atoms with Crippen molar-refractivity contribution in [3.63, 3.8) is 0 Å². The Labute approximate surface area is 138 Å². The molecule has 0 bridgehead atoms. The van der Waals surface area contributed by atoms with Crippen LogP contribution in [-0.4, -0.2) is 28.2 Å². The average molecular weight is 333 g/mol. The summed E-state index contributed by atoms with van der Waals surface area (Å²) in [7, 11) is 0. The summed E-state index contributed by atoms with van der Waals surface area (Å²) in [6.07, 6.45) is 0.309. The fraction of sp³-hybridized carbons (Fsp3) is 0.267. The van der Waals surface area contributed by atoms with Gasteiger partial charge in [-0.15, -0.1) is 0 Å². The van der Waals surface area contributed by atoms with Crippen molar-refractivity contribution in [2.24, 2.45) is 0 Å². The Morgan fingerprint density at radius 2 is 1.96 bits per heavy atom. The number of carbonyl (C=O) groups excluding carboxylic acids is 1. The molecule has 1 heterocycles. The van der Waals surface area contributed by atoms with Crippen LogP contribution in [0, 0.1) is 0 Å². The molecule has 0 spiro atoms. The molecule has 0 aliphatic carbocycles. The number of ether oxygens (including phenoxy) is 1. The first kappa shape index (κ1) is 16.9. The van der Waals surface area contributed by atoms with Gasteiger partial charge in [0.1, 0.15) is 17.4 Å². The van der Waals surface area contributed by atoms with Crippen LogP contribution in [0.1, 0.15) is 13.3 Å². The molecular formula is C15H19N5O2S. The molecule has 8 heteroatoms. The van der Waals surface area contributed by atoms with E-state index in [1.807, 2.05) is 25.1 Å². The first-order valence-electron chi connectivity index (χ1n) is 7.13. The standard InChI is InChI=1S/C15H19N5O2S/c1-2-22-11-6-4-3-5-10(11)18-14(21)7-8-23-15-19-12(16)9-13(17)20-15/h3-6,9H,2,7-8H2,1H3,(H,18,21)(H4,16,17,19,20). The molecule has 0 fully saturated rings. The monoisotopic (exact) mass is 333 g/mol. The molecule has 1 aromatic heterocycles. The van der Waals surface area contributed by atoms with Gasteiger partial charge in [-0.05, 0) is 19.1 Å². The maximum Gasteiger partial charge on any atom is 0.225 e. The van der Waals surface area contributed by atoms with Gasteiger partial charge in [0.05, 0.1) is 12.3 Å². The van der Waals surface area contributed by atoms with Crippen molar-refractivity contribution in [3.05, 3.63) is 30.3 Å². The van der Waals surface area contributed by atoms with E-state index < -0.39 is 0 Å². The lowest BCUT2D eigenvalue weighted by Gasteiger charge is -2.11. The highest BCUT2D eigenvalue weighted by molar-refractivity contribution is 7.99. The maximum atomic E-state index is 12.0. The minimum absolute atomic E-state index is 0.110. The maximum absolute atomic E-state index is 12.0. The minimum Gasteiger partial charge on any atom is -0.492 e. The van der Waals surface area contributed by atoms with E-state index in [4.69, 9.17) is 16.2 Å². The zero-order chi connectivity index (χ0) is 16.7. The molecule has 0 aliphatic rings. The van der Waals surface area contributed by atoms with Crippen LogP contribution < -0.4 is 21.5 Å². The third-order valence-corrected chi connectivity index (χ3v) is 3.62. The predicted octanol–water partition coefficient (Wildman–Crippen LogP) is 2.16. The van der Waals surface area contributed by atoms with Gasteiger partial charge >= 0.3 is 0 Å². The van der Waals surface area contributed by atoms with E-state index >= 15 is 0 Å². The van der Waals surface area contributed by atoms with E-state index in [1.54, 1.807) is 6.07 Å². The number of thioether (sulfide) groups is 1. The van der Waals surface area contributed by atoms with Gasteiger partial charge in [-0.25, -0.2) is 9.97 Å². The van der Waals surface area contributed by atoms with Gasteiger partial charge in [0.15, 0.2) is 5.16 Å². The van der Waals surface area contributed by atoms with Crippen LogP contribution in [0.4, 0.5) is 17.3 Å². The Morgan fingerprint density at radius 3 is 2.65 bits per heavy atom. The average Bonchev–Trinajstić information content (AvgIpc) is 2.48. The molecule has 0 aliphatic heterocycles. The topological polar surface area (TPSA) is 116 Å². The zero-order valence-corrected chi connectivity index (χ0v) is 13.6. The van der Waals surface area contributed by atoms with E-state index in [1.165, 1.54) is 17.8 Å². The number of aromatic nitrogens is 2. The molecular weight excluding hydrogens is 314 g/mol. The summed E-state index contributed by atoms with van der Waals surface area (Å²) >= 11 is 1.33. The number of nitrogens with one attached hydrogen (secondary N) is 1. The fourth-order valence-electron chi connectivity index (χ4n) is 1.83.